The van der Waals surface area contributed by atoms with Crippen molar-refractivity contribution in [3.8, 4) is 0 Å². The summed E-state index contributed by atoms with van der Waals surface area (Å²) in [5.41, 5.74) is 0.801. The van der Waals surface area contributed by atoms with Crippen molar-refractivity contribution in [3.63, 3.8) is 0 Å². The van der Waals surface area contributed by atoms with Gasteiger partial charge in [-0.25, -0.2) is 0 Å². The van der Waals surface area contributed by atoms with E-state index in [0.29, 0.717) is 38.0 Å². The van der Waals surface area contributed by atoms with Crippen LogP contribution in [-0.2, 0) is 18.3 Å². The zero-order valence-corrected chi connectivity index (χ0v) is 12.9. The van der Waals surface area contributed by atoms with Crippen LogP contribution in [0.1, 0.15) is 49.3 Å². The van der Waals surface area contributed by atoms with Crippen LogP contribution in [-0.4, -0.2) is 44.8 Å². The lowest BCUT2D eigenvalue weighted by Crippen LogP contribution is -2.46. The maximum atomic E-state index is 12.5. The average molecular weight is 293 g/mol. The first-order valence-electron chi connectivity index (χ1n) is 7.49. The Bertz CT molecular complexity index is 542. The van der Waals surface area contributed by atoms with Crippen LogP contribution in [0.15, 0.2) is 6.07 Å². The number of aromatic nitrogens is 2. The number of carboxylic acids is 1. The summed E-state index contributed by atoms with van der Waals surface area (Å²) in [6.07, 6.45) is 2.43. The quantitative estimate of drug-likeness (QED) is 0.916. The van der Waals surface area contributed by atoms with Gasteiger partial charge in [-0.15, -0.1) is 0 Å². The molecule has 2 heterocycles. The largest absolute Gasteiger partial charge is 0.481 e. The maximum absolute atomic E-state index is 12.5. The molecule has 1 N–H and O–H groups in total. The van der Waals surface area contributed by atoms with E-state index in [2.05, 4.69) is 5.10 Å². The van der Waals surface area contributed by atoms with Crippen LogP contribution >= 0.6 is 0 Å². The highest BCUT2D eigenvalue weighted by atomic mass is 16.4. The van der Waals surface area contributed by atoms with E-state index in [1.807, 2.05) is 19.9 Å². The number of aliphatic carboxylic acids is 1. The Balaban J connectivity index is 2.09. The van der Waals surface area contributed by atoms with E-state index in [-0.39, 0.29) is 5.91 Å². The molecule has 0 spiro atoms. The number of piperidine rings is 1. The summed E-state index contributed by atoms with van der Waals surface area (Å²) in [4.78, 5) is 25.7. The fraction of sp³-hybridized carbons (Fsp3) is 0.667. The van der Waals surface area contributed by atoms with E-state index in [4.69, 9.17) is 0 Å². The molecule has 0 atom stereocenters. The number of hydrogen-bond acceptors (Lipinski definition) is 3. The van der Waals surface area contributed by atoms with Crippen LogP contribution in [0.4, 0.5) is 0 Å². The van der Waals surface area contributed by atoms with Crippen molar-refractivity contribution in [1.29, 1.82) is 0 Å². The summed E-state index contributed by atoms with van der Waals surface area (Å²) in [6.45, 7) is 4.89. The third kappa shape index (κ3) is 2.80. The SMILES string of the molecule is CCc1cc(C(=O)N2CCC(CC)(C(=O)O)CC2)n(C)n1. The number of nitrogens with zero attached hydrogens (tertiary/aromatic N) is 3. The van der Waals surface area contributed by atoms with Crippen molar-refractivity contribution in [2.24, 2.45) is 12.5 Å². The molecule has 1 fully saturated rings. The van der Waals surface area contributed by atoms with Crippen molar-refractivity contribution in [1.82, 2.24) is 14.7 Å². The minimum Gasteiger partial charge on any atom is -0.481 e. The Kier molecular flexibility index (Phi) is 4.34. The van der Waals surface area contributed by atoms with Gasteiger partial charge in [-0.3, -0.25) is 14.3 Å². The molecule has 1 aliphatic heterocycles. The number of rotatable bonds is 4. The summed E-state index contributed by atoms with van der Waals surface area (Å²) in [6, 6.07) is 1.82. The Morgan fingerprint density at radius 3 is 2.38 bits per heavy atom. The highest BCUT2D eigenvalue weighted by Gasteiger charge is 2.41. The molecule has 0 bridgehead atoms. The zero-order chi connectivity index (χ0) is 15.6. The first kappa shape index (κ1) is 15.5. The number of aryl methyl sites for hydroxylation is 2. The molecule has 21 heavy (non-hydrogen) atoms. The van der Waals surface area contributed by atoms with Crippen LogP contribution in [0.25, 0.3) is 0 Å². The van der Waals surface area contributed by atoms with Gasteiger partial charge in [0, 0.05) is 20.1 Å². The highest BCUT2D eigenvalue weighted by molar-refractivity contribution is 5.93. The first-order valence-corrected chi connectivity index (χ1v) is 7.49. The van der Waals surface area contributed by atoms with Crippen LogP contribution in [0.3, 0.4) is 0 Å². The third-order valence-electron chi connectivity index (χ3n) is 4.65. The van der Waals surface area contributed by atoms with Crippen molar-refractivity contribution in [2.45, 2.75) is 39.5 Å². The summed E-state index contributed by atoms with van der Waals surface area (Å²) in [5, 5.41) is 13.7. The van der Waals surface area contributed by atoms with Crippen molar-refractivity contribution in [3.05, 3.63) is 17.5 Å². The standard InChI is InChI=1S/C15H23N3O3/c1-4-11-10-12(17(3)16-11)13(19)18-8-6-15(5-2,7-9-18)14(20)21/h10H,4-9H2,1-3H3,(H,20,21). The smallest absolute Gasteiger partial charge is 0.309 e. The maximum Gasteiger partial charge on any atom is 0.309 e. The third-order valence-corrected chi connectivity index (χ3v) is 4.65. The molecule has 0 radical (unpaired) electrons. The van der Waals surface area contributed by atoms with Gasteiger partial charge in [0.25, 0.3) is 5.91 Å². The normalized spacial score (nSPS) is 17.8. The van der Waals surface area contributed by atoms with E-state index in [9.17, 15) is 14.7 Å². The zero-order valence-electron chi connectivity index (χ0n) is 12.9. The van der Waals surface area contributed by atoms with Gasteiger partial charge in [-0.05, 0) is 31.7 Å². The highest BCUT2D eigenvalue weighted by Crippen LogP contribution is 2.35. The molecule has 1 aromatic heterocycles. The van der Waals surface area contributed by atoms with Crippen LogP contribution < -0.4 is 0 Å². The fourth-order valence-corrected chi connectivity index (χ4v) is 2.92. The Labute approximate surface area is 124 Å². The van der Waals surface area contributed by atoms with Gasteiger partial charge in [-0.1, -0.05) is 13.8 Å². The molecule has 1 aromatic rings. The van der Waals surface area contributed by atoms with E-state index >= 15 is 0 Å². The number of carboxylic acid groups (broad SMARTS) is 1. The Morgan fingerprint density at radius 1 is 1.33 bits per heavy atom. The summed E-state index contributed by atoms with van der Waals surface area (Å²) in [7, 11) is 1.77. The Morgan fingerprint density at radius 2 is 1.95 bits per heavy atom. The molecule has 1 amide bonds. The van der Waals surface area contributed by atoms with E-state index in [1.165, 1.54) is 0 Å². The van der Waals surface area contributed by atoms with Gasteiger partial charge >= 0.3 is 5.97 Å². The van der Waals surface area contributed by atoms with E-state index in [0.717, 1.165) is 12.1 Å². The van der Waals surface area contributed by atoms with Gasteiger partial charge in [0.05, 0.1) is 11.1 Å². The second-order valence-electron chi connectivity index (χ2n) is 5.73. The molecule has 0 saturated carbocycles. The van der Waals surface area contributed by atoms with Gasteiger partial charge in [0.2, 0.25) is 0 Å². The molecular formula is C15H23N3O3. The molecule has 2 rings (SSSR count). The van der Waals surface area contributed by atoms with Crippen LogP contribution in [0, 0.1) is 5.41 Å². The molecule has 116 valence electrons. The molecular weight excluding hydrogens is 270 g/mol. The van der Waals surface area contributed by atoms with E-state index in [1.54, 1.807) is 16.6 Å². The topological polar surface area (TPSA) is 75.4 Å². The van der Waals surface area contributed by atoms with Gasteiger partial charge in [0.1, 0.15) is 5.69 Å². The molecule has 6 heteroatoms. The summed E-state index contributed by atoms with van der Waals surface area (Å²) < 4.78 is 1.61. The minimum atomic E-state index is -0.745. The number of carbonyl (C=O) groups excluding carboxylic acids is 1. The van der Waals surface area contributed by atoms with Crippen molar-refractivity contribution in [2.75, 3.05) is 13.1 Å². The first-order chi connectivity index (χ1) is 9.93. The van der Waals surface area contributed by atoms with E-state index < -0.39 is 11.4 Å². The van der Waals surface area contributed by atoms with Crippen LogP contribution in [0.2, 0.25) is 0 Å². The summed E-state index contributed by atoms with van der Waals surface area (Å²) >= 11 is 0. The lowest BCUT2D eigenvalue weighted by atomic mass is 9.76. The Hall–Kier alpha value is -1.85. The van der Waals surface area contributed by atoms with Gasteiger partial charge in [-0.2, -0.15) is 5.10 Å². The molecule has 6 nitrogen and oxygen atoms in total. The van der Waals surface area contributed by atoms with Crippen LogP contribution in [0.5, 0.6) is 0 Å². The average Bonchev–Trinajstić information content (AvgIpc) is 2.87. The monoisotopic (exact) mass is 293 g/mol. The number of carbonyl (C=O) groups is 2. The molecule has 1 aliphatic rings. The fourth-order valence-electron chi connectivity index (χ4n) is 2.92. The molecule has 1 saturated heterocycles. The lowest BCUT2D eigenvalue weighted by Gasteiger charge is -2.38. The van der Waals surface area contributed by atoms with Gasteiger partial charge in [0.15, 0.2) is 0 Å². The van der Waals surface area contributed by atoms with Crippen molar-refractivity contribution >= 4 is 11.9 Å². The predicted molar refractivity (Wildman–Crippen MR) is 78.1 cm³/mol. The minimum absolute atomic E-state index is 0.0557. The van der Waals surface area contributed by atoms with Gasteiger partial charge < -0.3 is 10.0 Å². The van der Waals surface area contributed by atoms with Crippen molar-refractivity contribution < 1.29 is 14.7 Å². The summed E-state index contributed by atoms with van der Waals surface area (Å²) in [5.74, 6) is -0.800. The lowest BCUT2D eigenvalue weighted by molar-refractivity contribution is -0.152. The number of likely N-dealkylation sites (tertiary alicyclic amines) is 1. The predicted octanol–water partition coefficient (Wildman–Crippen LogP) is 1.70. The second-order valence-corrected chi connectivity index (χ2v) is 5.73. The number of hydrogen-bond donors (Lipinski definition) is 1. The number of amides is 1. The molecule has 0 unspecified atom stereocenters. The molecule has 0 aliphatic carbocycles. The molecule has 0 aromatic carbocycles. The second kappa shape index (κ2) is 5.87.